The molecule has 0 aliphatic rings. The van der Waals surface area contributed by atoms with Crippen molar-refractivity contribution in [1.82, 2.24) is 20.0 Å². The number of nitrogens with one attached hydrogen (secondary N) is 1. The summed E-state index contributed by atoms with van der Waals surface area (Å²) in [5, 5.41) is 11.3. The Morgan fingerprint density at radius 1 is 1.21 bits per heavy atom. The molecule has 0 bridgehead atoms. The van der Waals surface area contributed by atoms with Gasteiger partial charge >= 0.3 is 0 Å². The highest BCUT2D eigenvalue weighted by molar-refractivity contribution is 6.31. The lowest BCUT2D eigenvalue weighted by Gasteiger charge is -2.08. The number of benzene rings is 2. The molecule has 0 fully saturated rings. The third-order valence-electron chi connectivity index (χ3n) is 5.04. The zero-order valence-electron chi connectivity index (χ0n) is 18.4. The largest absolute Gasteiger partial charge is 0.494 e. The molecule has 9 nitrogen and oxygen atoms in total. The summed E-state index contributed by atoms with van der Waals surface area (Å²) in [4.78, 5) is 17.3. The van der Waals surface area contributed by atoms with E-state index < -0.39 is 5.91 Å². The van der Waals surface area contributed by atoms with Crippen LogP contribution in [0.25, 0.3) is 11.5 Å². The van der Waals surface area contributed by atoms with Gasteiger partial charge in [0.1, 0.15) is 17.2 Å². The number of nitrogens with two attached hydrogens (primary N) is 1. The molecule has 10 heteroatoms. The van der Waals surface area contributed by atoms with Gasteiger partial charge in [0.05, 0.1) is 13.2 Å². The fourth-order valence-corrected chi connectivity index (χ4v) is 3.38. The van der Waals surface area contributed by atoms with Crippen LogP contribution >= 0.6 is 11.6 Å². The maximum atomic E-state index is 12.7. The third kappa shape index (κ3) is 4.83. The van der Waals surface area contributed by atoms with Crippen molar-refractivity contribution < 1.29 is 13.9 Å². The minimum atomic E-state index is -0.476. The Bertz CT molecular complexity index is 1300. The molecule has 3 N–H and O–H groups in total. The summed E-state index contributed by atoms with van der Waals surface area (Å²) in [5.41, 5.74) is 9.07. The second kappa shape index (κ2) is 9.33. The summed E-state index contributed by atoms with van der Waals surface area (Å²) in [6.45, 7) is 6.40. The van der Waals surface area contributed by atoms with Crippen LogP contribution in [-0.4, -0.2) is 32.5 Å². The van der Waals surface area contributed by atoms with Crippen molar-refractivity contribution in [2.45, 2.75) is 27.3 Å². The van der Waals surface area contributed by atoms with Gasteiger partial charge in [0, 0.05) is 16.3 Å². The van der Waals surface area contributed by atoms with Crippen LogP contribution in [0.4, 0.5) is 11.5 Å². The first-order chi connectivity index (χ1) is 15.9. The number of hydrogen-bond donors (Lipinski definition) is 2. The number of nitrogens with zero attached hydrogens (tertiary/aromatic N) is 4. The van der Waals surface area contributed by atoms with Gasteiger partial charge in [-0.3, -0.25) is 4.79 Å². The molecule has 33 heavy (non-hydrogen) atoms. The van der Waals surface area contributed by atoms with Crippen molar-refractivity contribution in [2.24, 2.45) is 0 Å². The van der Waals surface area contributed by atoms with Crippen molar-refractivity contribution in [3.05, 3.63) is 70.2 Å². The Morgan fingerprint density at radius 3 is 2.70 bits per heavy atom. The van der Waals surface area contributed by atoms with Gasteiger partial charge in [0.15, 0.2) is 11.5 Å². The standard InChI is InChI=1S/C23H23ClN6O3/c1-4-32-17-9-6-15(7-10-17)23-27-19(14(3)33-23)12-30-21(25)20(28-29-30)22(31)26-18-11-16(24)8-5-13(18)2/h5-11H,4,12,25H2,1-3H3,(H,26,31). The second-order valence-corrected chi connectivity index (χ2v) is 7.81. The monoisotopic (exact) mass is 466 g/mol. The molecule has 0 aliphatic carbocycles. The number of rotatable bonds is 7. The Balaban J connectivity index is 1.51. The van der Waals surface area contributed by atoms with Gasteiger partial charge in [-0.2, -0.15) is 0 Å². The molecule has 0 saturated carbocycles. The molecule has 0 radical (unpaired) electrons. The molecule has 0 saturated heterocycles. The Labute approximate surface area is 195 Å². The maximum absolute atomic E-state index is 12.7. The minimum absolute atomic E-state index is 0.0160. The number of nitrogen functional groups attached to an aromatic ring is 1. The van der Waals surface area contributed by atoms with E-state index in [9.17, 15) is 4.79 Å². The van der Waals surface area contributed by atoms with Crippen LogP contribution in [0, 0.1) is 13.8 Å². The number of aryl methyl sites for hydroxylation is 2. The average molecular weight is 467 g/mol. The summed E-state index contributed by atoms with van der Waals surface area (Å²) >= 11 is 6.02. The molecule has 4 rings (SSSR count). The summed E-state index contributed by atoms with van der Waals surface area (Å²) < 4.78 is 12.7. The molecule has 0 aliphatic heterocycles. The summed E-state index contributed by atoms with van der Waals surface area (Å²) in [6.07, 6.45) is 0. The zero-order chi connectivity index (χ0) is 23.5. The van der Waals surface area contributed by atoms with Crippen molar-refractivity contribution in [3.8, 4) is 17.2 Å². The summed E-state index contributed by atoms with van der Waals surface area (Å²) in [7, 11) is 0. The molecule has 2 heterocycles. The Kier molecular flexibility index (Phi) is 6.32. The van der Waals surface area contributed by atoms with Crippen LogP contribution in [0.2, 0.25) is 5.02 Å². The predicted molar refractivity (Wildman–Crippen MR) is 126 cm³/mol. The third-order valence-corrected chi connectivity index (χ3v) is 5.28. The Hall–Kier alpha value is -3.85. The molecular weight excluding hydrogens is 444 g/mol. The predicted octanol–water partition coefficient (Wildman–Crippen LogP) is 4.48. The van der Waals surface area contributed by atoms with Crippen LogP contribution in [0.1, 0.15) is 34.4 Å². The van der Waals surface area contributed by atoms with E-state index in [1.807, 2.05) is 51.1 Å². The fourth-order valence-electron chi connectivity index (χ4n) is 3.21. The van der Waals surface area contributed by atoms with E-state index in [-0.39, 0.29) is 18.1 Å². The highest BCUT2D eigenvalue weighted by Gasteiger charge is 2.20. The molecule has 4 aromatic rings. The quantitative estimate of drug-likeness (QED) is 0.411. The first-order valence-corrected chi connectivity index (χ1v) is 10.7. The van der Waals surface area contributed by atoms with E-state index >= 15 is 0 Å². The molecule has 170 valence electrons. The highest BCUT2D eigenvalue weighted by Crippen LogP contribution is 2.25. The molecule has 2 aromatic heterocycles. The van der Waals surface area contributed by atoms with E-state index in [4.69, 9.17) is 26.5 Å². The van der Waals surface area contributed by atoms with Crippen molar-refractivity contribution >= 4 is 29.0 Å². The van der Waals surface area contributed by atoms with Gasteiger partial charge in [-0.1, -0.05) is 22.9 Å². The van der Waals surface area contributed by atoms with Crippen LogP contribution in [-0.2, 0) is 6.54 Å². The van der Waals surface area contributed by atoms with E-state index in [0.717, 1.165) is 16.9 Å². The normalized spacial score (nSPS) is 10.9. The van der Waals surface area contributed by atoms with Crippen molar-refractivity contribution in [1.29, 1.82) is 0 Å². The lowest BCUT2D eigenvalue weighted by Crippen LogP contribution is -2.16. The topological polar surface area (TPSA) is 121 Å². The molecule has 0 spiro atoms. The number of carbonyl (C=O) groups excluding carboxylic acids is 1. The zero-order valence-corrected chi connectivity index (χ0v) is 19.2. The first-order valence-electron chi connectivity index (χ1n) is 10.3. The van der Waals surface area contributed by atoms with Crippen LogP contribution in [0.15, 0.2) is 46.9 Å². The molecular formula is C23H23ClN6O3. The van der Waals surface area contributed by atoms with Crippen LogP contribution in [0.5, 0.6) is 5.75 Å². The molecule has 2 aromatic carbocycles. The second-order valence-electron chi connectivity index (χ2n) is 7.37. The summed E-state index contributed by atoms with van der Waals surface area (Å²) in [6, 6.07) is 12.7. The SMILES string of the molecule is CCOc1ccc(-c2nc(Cn3nnc(C(=O)Nc4cc(Cl)ccc4C)c3N)c(C)o2)cc1. The smallest absolute Gasteiger partial charge is 0.280 e. The highest BCUT2D eigenvalue weighted by atomic mass is 35.5. The lowest BCUT2D eigenvalue weighted by molar-refractivity contribution is 0.102. The minimum Gasteiger partial charge on any atom is -0.494 e. The van der Waals surface area contributed by atoms with E-state index in [0.29, 0.717) is 34.7 Å². The molecule has 0 unspecified atom stereocenters. The number of hydrogen-bond acceptors (Lipinski definition) is 7. The van der Waals surface area contributed by atoms with Gasteiger partial charge < -0.3 is 20.2 Å². The van der Waals surface area contributed by atoms with Gasteiger partial charge in [0.25, 0.3) is 5.91 Å². The Morgan fingerprint density at radius 2 is 1.97 bits per heavy atom. The first kappa shape index (κ1) is 22.3. The number of carbonyl (C=O) groups is 1. The van der Waals surface area contributed by atoms with E-state index in [1.165, 1.54) is 4.68 Å². The van der Waals surface area contributed by atoms with E-state index in [2.05, 4.69) is 20.6 Å². The molecule has 0 atom stereocenters. The molecule has 1 amide bonds. The van der Waals surface area contributed by atoms with E-state index in [1.54, 1.807) is 12.1 Å². The van der Waals surface area contributed by atoms with Crippen LogP contribution < -0.4 is 15.8 Å². The van der Waals surface area contributed by atoms with Crippen LogP contribution in [0.3, 0.4) is 0 Å². The van der Waals surface area contributed by atoms with Crippen molar-refractivity contribution in [2.75, 3.05) is 17.7 Å². The number of aromatic nitrogens is 4. The average Bonchev–Trinajstić information content (AvgIpc) is 3.34. The van der Waals surface area contributed by atoms with Gasteiger partial charge in [0.2, 0.25) is 5.89 Å². The fraction of sp³-hybridized carbons (Fsp3) is 0.217. The van der Waals surface area contributed by atoms with Crippen molar-refractivity contribution in [3.63, 3.8) is 0 Å². The van der Waals surface area contributed by atoms with Gasteiger partial charge in [-0.15, -0.1) is 5.10 Å². The maximum Gasteiger partial charge on any atom is 0.280 e. The number of halogens is 1. The number of ether oxygens (including phenoxy) is 1. The van der Waals surface area contributed by atoms with Gasteiger partial charge in [-0.25, -0.2) is 9.67 Å². The van der Waals surface area contributed by atoms with Gasteiger partial charge in [-0.05, 0) is 62.7 Å². The lowest BCUT2D eigenvalue weighted by atomic mass is 10.2. The summed E-state index contributed by atoms with van der Waals surface area (Å²) in [5.74, 6) is 1.51. The number of amides is 1. The number of oxazole rings is 1. The number of anilines is 2.